The molecule has 0 aromatic rings. The van der Waals surface area contributed by atoms with Gasteiger partial charge in [0.25, 0.3) is 0 Å². The van der Waals surface area contributed by atoms with E-state index in [1.165, 1.54) is 64.2 Å². The Bertz CT molecular complexity index is 1770. The molecule has 19 heteroatoms. The molecule has 0 bridgehead atoms. The zero-order valence-electron chi connectivity index (χ0n) is 54.9. The van der Waals surface area contributed by atoms with Crippen LogP contribution in [0.2, 0.25) is 0 Å². The standard InChI is InChI=1S/C68H126O19/c1-5-9-13-17-21-25-29-33-37-41-45-49-58(72)83-65(78)57(54-70)82-68(87-64(55-71)63(77)62(76)56(53-69)81-64,86-61(75)52-48-44-40-36-32-28-24-20-16-12-8-4)67(80,85-60(74)51-47-43-39-35-31-27-23-19-15-11-7-3)66(65,79)84-59(73)50-46-42-38-34-30-26-22-18-14-10-6-2/h56-57,62-63,69-71,76-80H,5-55H2,1-4H3/t56-,57-,62-,63+,64?,65+,66-,67+,68+/m1/s1. The Hall–Kier alpha value is -2.56. The molecule has 0 amide bonds. The maximum atomic E-state index is 14.5. The topological polar surface area (TPSA) is 295 Å². The van der Waals surface area contributed by atoms with E-state index >= 15 is 0 Å². The van der Waals surface area contributed by atoms with Gasteiger partial charge >= 0.3 is 47.2 Å². The van der Waals surface area contributed by atoms with Crippen LogP contribution >= 0.6 is 0 Å². The van der Waals surface area contributed by atoms with Gasteiger partial charge in [-0.2, -0.15) is 0 Å². The summed E-state index contributed by atoms with van der Waals surface area (Å²) in [6.45, 7) is 4.69. The molecule has 2 aliphatic rings. The van der Waals surface area contributed by atoms with Crippen LogP contribution in [0, 0.1) is 0 Å². The molecule has 0 radical (unpaired) electrons. The van der Waals surface area contributed by atoms with Gasteiger partial charge in [-0.25, -0.2) is 0 Å². The minimum absolute atomic E-state index is 0.139. The van der Waals surface area contributed by atoms with Gasteiger partial charge in [0.2, 0.25) is 5.79 Å². The van der Waals surface area contributed by atoms with E-state index in [9.17, 15) is 60.0 Å². The number of unbranched alkanes of at least 4 members (excludes halogenated alkanes) is 40. The quantitative estimate of drug-likeness (QED) is 0.0121. The first kappa shape index (κ1) is 80.5. The number of aliphatic hydroxyl groups is 8. The van der Waals surface area contributed by atoms with Crippen molar-refractivity contribution in [1.82, 2.24) is 0 Å². The summed E-state index contributed by atoms with van der Waals surface area (Å²) < 4.78 is 41.0. The number of carbonyl (C=O) groups excluding carboxylic acids is 4. The molecule has 2 rings (SSSR count). The number of hydrogen-bond acceptors (Lipinski definition) is 19. The Labute approximate surface area is 524 Å². The van der Waals surface area contributed by atoms with Crippen LogP contribution in [-0.4, -0.2) is 138 Å². The Morgan fingerprint density at radius 2 is 0.632 bits per heavy atom. The minimum Gasteiger partial charge on any atom is -0.423 e. The van der Waals surface area contributed by atoms with Crippen molar-refractivity contribution in [2.75, 3.05) is 19.8 Å². The fraction of sp³-hybridized carbons (Fsp3) is 0.941. The lowest BCUT2D eigenvalue weighted by molar-refractivity contribution is -0.615. The third kappa shape index (κ3) is 28.5. The molecule has 0 spiro atoms. The number of aliphatic hydroxyl groups excluding tert-OH is 5. The maximum absolute atomic E-state index is 14.5. The van der Waals surface area contributed by atoms with Gasteiger partial charge in [0.15, 0.2) is 6.10 Å². The molecular weight excluding hydrogens is 1120 g/mol. The third-order valence-electron chi connectivity index (χ3n) is 17.5. The lowest BCUT2D eigenvalue weighted by atomic mass is 9.85. The highest BCUT2D eigenvalue weighted by Gasteiger charge is 2.89. The van der Waals surface area contributed by atoms with Gasteiger partial charge in [0, 0.05) is 25.7 Å². The van der Waals surface area contributed by atoms with E-state index in [1.54, 1.807) is 0 Å². The Balaban J connectivity index is 2.71. The maximum Gasteiger partial charge on any atom is 0.409 e. The minimum atomic E-state index is -4.43. The van der Waals surface area contributed by atoms with Crippen LogP contribution in [0.1, 0.15) is 336 Å². The molecule has 512 valence electrons. The fourth-order valence-corrected chi connectivity index (χ4v) is 11.9. The molecular formula is C68H126O19. The average Bonchev–Trinajstić information content (AvgIpc) is 2.35. The van der Waals surface area contributed by atoms with Crippen LogP contribution in [0.5, 0.6) is 0 Å². The zero-order valence-corrected chi connectivity index (χ0v) is 54.9. The van der Waals surface area contributed by atoms with E-state index < -0.39 is 123 Å². The van der Waals surface area contributed by atoms with Crippen LogP contribution in [-0.2, 0) is 52.3 Å². The van der Waals surface area contributed by atoms with Gasteiger partial charge in [0.05, 0.1) is 13.2 Å². The van der Waals surface area contributed by atoms with Crippen LogP contribution in [0.25, 0.3) is 0 Å². The van der Waals surface area contributed by atoms with E-state index in [0.717, 1.165) is 167 Å². The van der Waals surface area contributed by atoms with E-state index in [-0.39, 0.29) is 25.7 Å². The fourth-order valence-electron chi connectivity index (χ4n) is 11.9. The number of hydrogen-bond donors (Lipinski definition) is 8. The lowest BCUT2D eigenvalue weighted by Crippen LogP contribution is -2.88. The van der Waals surface area contributed by atoms with E-state index in [2.05, 4.69) is 27.7 Å². The molecule has 2 aliphatic heterocycles. The van der Waals surface area contributed by atoms with Gasteiger partial charge in [-0.15, -0.1) is 0 Å². The first-order valence-electron chi connectivity index (χ1n) is 35.3. The van der Waals surface area contributed by atoms with E-state index in [4.69, 9.17) is 33.2 Å². The Morgan fingerprint density at radius 1 is 0.356 bits per heavy atom. The van der Waals surface area contributed by atoms with E-state index in [1.807, 2.05) is 0 Å². The first-order valence-corrected chi connectivity index (χ1v) is 35.3. The summed E-state index contributed by atoms with van der Waals surface area (Å²) in [5.74, 6) is -25.2. The van der Waals surface area contributed by atoms with E-state index in [0.29, 0.717) is 25.7 Å². The van der Waals surface area contributed by atoms with Crippen LogP contribution in [0.3, 0.4) is 0 Å². The summed E-state index contributed by atoms with van der Waals surface area (Å²) in [7, 11) is 0. The van der Waals surface area contributed by atoms with Gasteiger partial charge in [0.1, 0.15) is 24.9 Å². The molecule has 8 N–H and O–H groups in total. The molecule has 19 nitrogen and oxygen atoms in total. The average molecular weight is 1250 g/mol. The van der Waals surface area contributed by atoms with Crippen LogP contribution in [0.15, 0.2) is 0 Å². The predicted octanol–water partition coefficient (Wildman–Crippen LogP) is 12.9. The van der Waals surface area contributed by atoms with Gasteiger partial charge in [-0.05, 0) is 25.7 Å². The van der Waals surface area contributed by atoms with Crippen LogP contribution in [0.4, 0.5) is 0 Å². The lowest BCUT2D eigenvalue weighted by Gasteiger charge is -2.59. The largest absolute Gasteiger partial charge is 0.423 e. The summed E-state index contributed by atoms with van der Waals surface area (Å²) in [4.78, 5) is 57.4. The molecule has 0 aromatic heterocycles. The van der Waals surface area contributed by atoms with Crippen LogP contribution < -0.4 is 0 Å². The molecule has 2 saturated heterocycles. The van der Waals surface area contributed by atoms with Crippen molar-refractivity contribution in [3.63, 3.8) is 0 Å². The Kier molecular flexibility index (Phi) is 43.8. The van der Waals surface area contributed by atoms with Gasteiger partial charge in [-0.3, -0.25) is 28.7 Å². The second-order valence-corrected chi connectivity index (χ2v) is 25.2. The summed E-state index contributed by atoms with van der Waals surface area (Å²) in [5, 5.41) is 95.3. The monoisotopic (exact) mass is 1250 g/mol. The Morgan fingerprint density at radius 3 is 0.908 bits per heavy atom. The van der Waals surface area contributed by atoms with Crippen molar-refractivity contribution in [3.8, 4) is 0 Å². The highest BCUT2D eigenvalue weighted by Crippen LogP contribution is 2.55. The number of ether oxygens (including phenoxy) is 7. The normalized spacial score (nSPS) is 25.4. The highest BCUT2D eigenvalue weighted by molar-refractivity contribution is 5.73. The second-order valence-electron chi connectivity index (χ2n) is 25.2. The van der Waals surface area contributed by atoms with Gasteiger partial charge in [-0.1, -0.05) is 285 Å². The summed E-state index contributed by atoms with van der Waals surface area (Å²) in [5.41, 5.74) is 0. The summed E-state index contributed by atoms with van der Waals surface area (Å²) >= 11 is 0. The van der Waals surface area contributed by atoms with Crippen molar-refractivity contribution in [3.05, 3.63) is 0 Å². The van der Waals surface area contributed by atoms with Crippen molar-refractivity contribution in [2.45, 2.75) is 389 Å². The van der Waals surface area contributed by atoms with Crippen molar-refractivity contribution >= 4 is 23.9 Å². The molecule has 1 unspecified atom stereocenters. The predicted molar refractivity (Wildman–Crippen MR) is 333 cm³/mol. The molecule has 2 heterocycles. The SMILES string of the molecule is CCCCCCCCCCCCCC(=O)O[C@@]1(OC2(CO)O[C@H](CO)[C@@H](O)[C@@H]2O)O[C@H](CO)[C@](O)(OC(=O)CCCCCCCCCCCCC)[C@@](O)(OC(=O)CCCCCCCCCCCCC)[C@]1(O)OC(=O)CCCCCCCCCCCCC. The molecule has 0 saturated carbocycles. The number of carbonyl (C=O) groups is 4. The van der Waals surface area contributed by atoms with Crippen molar-refractivity contribution in [1.29, 1.82) is 0 Å². The number of rotatable bonds is 57. The first-order chi connectivity index (χ1) is 42.0. The molecule has 2 fully saturated rings. The molecule has 9 atom stereocenters. The molecule has 0 aromatic carbocycles. The van der Waals surface area contributed by atoms with Crippen molar-refractivity contribution < 1.29 is 93.2 Å². The summed E-state index contributed by atoms with van der Waals surface area (Å²) in [6.07, 6.45) is 30.1. The summed E-state index contributed by atoms with van der Waals surface area (Å²) in [6, 6.07) is 0. The number of esters is 4. The highest BCUT2D eigenvalue weighted by atomic mass is 17.0. The molecule has 0 aliphatic carbocycles. The van der Waals surface area contributed by atoms with Gasteiger partial charge < -0.3 is 64.5 Å². The zero-order chi connectivity index (χ0) is 64.1. The van der Waals surface area contributed by atoms with Crippen molar-refractivity contribution in [2.24, 2.45) is 0 Å². The second kappa shape index (κ2) is 47.3. The molecule has 87 heavy (non-hydrogen) atoms. The third-order valence-corrected chi connectivity index (χ3v) is 17.5. The smallest absolute Gasteiger partial charge is 0.409 e.